The molecule has 1 amide bonds. The van der Waals surface area contributed by atoms with Gasteiger partial charge in [0.25, 0.3) is 5.91 Å². The van der Waals surface area contributed by atoms with Crippen LogP contribution in [0, 0.1) is 19.7 Å². The van der Waals surface area contributed by atoms with Crippen molar-refractivity contribution in [2.45, 2.75) is 20.3 Å². The van der Waals surface area contributed by atoms with E-state index in [1.165, 1.54) is 30.2 Å². The maximum atomic E-state index is 13.7. The van der Waals surface area contributed by atoms with Crippen LogP contribution < -0.4 is 15.4 Å². The van der Waals surface area contributed by atoms with Gasteiger partial charge in [-0.15, -0.1) is 22.7 Å². The van der Waals surface area contributed by atoms with Gasteiger partial charge in [0.1, 0.15) is 17.9 Å². The summed E-state index contributed by atoms with van der Waals surface area (Å²) in [6, 6.07) is 8.69. The summed E-state index contributed by atoms with van der Waals surface area (Å²) in [7, 11) is 3.34. The first-order chi connectivity index (χ1) is 17.2. The van der Waals surface area contributed by atoms with Crippen LogP contribution in [0.4, 0.5) is 15.2 Å². The van der Waals surface area contributed by atoms with Crippen molar-refractivity contribution in [3.63, 3.8) is 0 Å². The third-order valence-electron chi connectivity index (χ3n) is 4.82. The number of aldehydes is 1. The topological polar surface area (TPSA) is 93.2 Å². The Labute approximate surface area is 221 Å². The molecule has 2 N–H and O–H groups in total. The molecule has 7 nitrogen and oxygen atoms in total. The number of benzene rings is 2. The quantitative estimate of drug-likeness (QED) is 0.260. The minimum absolute atomic E-state index is 0.0224. The van der Waals surface area contributed by atoms with Crippen LogP contribution in [0.2, 0.25) is 5.02 Å². The van der Waals surface area contributed by atoms with Gasteiger partial charge in [-0.1, -0.05) is 11.6 Å². The number of aryl methyl sites for hydroxylation is 2. The number of carbonyl (C=O) groups excluding carboxylic acids is 2. The lowest BCUT2D eigenvalue weighted by Gasteiger charge is -2.09. The number of aromatic nitrogens is 2. The number of ether oxygens (including phenoxy) is 1. The van der Waals surface area contributed by atoms with Crippen LogP contribution in [0.1, 0.15) is 26.6 Å². The molecule has 0 fully saturated rings. The second kappa shape index (κ2) is 12.6. The van der Waals surface area contributed by atoms with Gasteiger partial charge in [0, 0.05) is 29.4 Å². The van der Waals surface area contributed by atoms with Crippen molar-refractivity contribution in [1.29, 1.82) is 0 Å². The molecule has 0 radical (unpaired) electrons. The van der Waals surface area contributed by atoms with Crippen molar-refractivity contribution in [2.75, 3.05) is 24.8 Å². The number of hydrogen-bond acceptors (Lipinski definition) is 8. The molecule has 0 atom stereocenters. The number of methoxy groups -OCH3 is 1. The van der Waals surface area contributed by atoms with Crippen LogP contribution in [0.5, 0.6) is 5.75 Å². The average molecular weight is 547 g/mol. The molecule has 188 valence electrons. The number of amides is 1. The minimum atomic E-state index is -0.628. The molecule has 11 heteroatoms. The number of nitrogens with zero attached hydrogens (tertiary/aromatic N) is 2. The molecule has 0 aliphatic heterocycles. The summed E-state index contributed by atoms with van der Waals surface area (Å²) in [5.74, 6) is -0.690. The lowest BCUT2D eigenvalue weighted by Crippen LogP contribution is -2.13. The van der Waals surface area contributed by atoms with Crippen molar-refractivity contribution < 1.29 is 18.7 Å². The van der Waals surface area contributed by atoms with Crippen molar-refractivity contribution in [1.82, 2.24) is 9.97 Å². The molecule has 2 aromatic heterocycles. The van der Waals surface area contributed by atoms with Crippen LogP contribution in [0.3, 0.4) is 0 Å². The Morgan fingerprint density at radius 3 is 2.56 bits per heavy atom. The maximum absolute atomic E-state index is 13.7. The van der Waals surface area contributed by atoms with Crippen molar-refractivity contribution in [3.8, 4) is 16.3 Å². The summed E-state index contributed by atoms with van der Waals surface area (Å²) >= 11 is 8.98. The molecule has 36 heavy (non-hydrogen) atoms. The van der Waals surface area contributed by atoms with Gasteiger partial charge in [-0.25, -0.2) is 14.4 Å². The summed E-state index contributed by atoms with van der Waals surface area (Å²) in [6.07, 6.45) is 0.891. The van der Waals surface area contributed by atoms with Crippen LogP contribution in [0.15, 0.2) is 41.8 Å². The molecule has 0 spiro atoms. The second-order valence-corrected chi connectivity index (χ2v) is 9.95. The Morgan fingerprint density at radius 1 is 1.19 bits per heavy atom. The van der Waals surface area contributed by atoms with Crippen molar-refractivity contribution >= 4 is 57.3 Å². The van der Waals surface area contributed by atoms with Crippen LogP contribution in [-0.2, 0) is 11.2 Å². The molecule has 4 rings (SSSR count). The Balaban J connectivity index is 0.000000221. The van der Waals surface area contributed by atoms with E-state index in [9.17, 15) is 14.0 Å². The Hall–Kier alpha value is -3.34. The number of nitrogens with one attached hydrogen (secondary N) is 2. The van der Waals surface area contributed by atoms with E-state index in [2.05, 4.69) is 26.0 Å². The van der Waals surface area contributed by atoms with Crippen LogP contribution in [-0.4, -0.2) is 36.3 Å². The van der Waals surface area contributed by atoms with Crippen molar-refractivity contribution in [3.05, 3.63) is 74.4 Å². The molecule has 0 aliphatic carbocycles. The predicted molar refractivity (Wildman–Crippen MR) is 144 cm³/mol. The van der Waals surface area contributed by atoms with E-state index in [0.717, 1.165) is 33.9 Å². The normalized spacial score (nSPS) is 10.3. The van der Waals surface area contributed by atoms with E-state index in [-0.39, 0.29) is 22.7 Å². The third kappa shape index (κ3) is 7.09. The largest absolute Gasteiger partial charge is 0.497 e. The lowest BCUT2D eigenvalue weighted by molar-refractivity contribution is -0.107. The van der Waals surface area contributed by atoms with Gasteiger partial charge < -0.3 is 20.2 Å². The molecule has 2 aromatic carbocycles. The molecule has 0 saturated carbocycles. The Bertz CT molecular complexity index is 1370. The maximum Gasteiger partial charge on any atom is 0.255 e. The Kier molecular flexibility index (Phi) is 9.51. The first kappa shape index (κ1) is 27.3. The third-order valence-corrected chi connectivity index (χ3v) is 7.01. The number of carbonyl (C=O) groups is 2. The fourth-order valence-corrected chi connectivity index (χ4v) is 4.95. The Morgan fingerprint density at radius 2 is 1.97 bits per heavy atom. The molecule has 0 unspecified atom stereocenters. The number of thiazole rings is 2. The number of hydrogen-bond donors (Lipinski definition) is 2. The number of anilines is 2. The van der Waals surface area contributed by atoms with E-state index < -0.39 is 11.7 Å². The lowest BCUT2D eigenvalue weighted by atomic mass is 10.1. The summed E-state index contributed by atoms with van der Waals surface area (Å²) in [4.78, 5) is 32.9. The molecule has 0 aliphatic rings. The highest BCUT2D eigenvalue weighted by Gasteiger charge is 2.13. The summed E-state index contributed by atoms with van der Waals surface area (Å²) in [5, 5.41) is 9.84. The summed E-state index contributed by atoms with van der Waals surface area (Å²) in [5.41, 5.74) is 3.03. The highest BCUT2D eigenvalue weighted by atomic mass is 35.5. The standard InChI is InChI=1S/C16H13ClFNO3.C9H11N3S2/c1-22-13-7-10(4-5-20)6-11(8-13)16(21)19-15-3-2-12(17)9-14(15)18;1-5-8(14-6(2)11-5)7-4-13-9(10-3)12-7/h2-3,5-9H,4H2,1H3,(H,19,21);4H,1-3H3,(H,10,12). The predicted octanol–water partition coefficient (Wildman–Crippen LogP) is 6.41. The van der Waals surface area contributed by atoms with E-state index in [1.807, 2.05) is 20.9 Å². The smallest absolute Gasteiger partial charge is 0.255 e. The van der Waals surface area contributed by atoms with Crippen molar-refractivity contribution in [2.24, 2.45) is 0 Å². The molecular weight excluding hydrogens is 523 g/mol. The van der Waals surface area contributed by atoms with Gasteiger partial charge in [-0.3, -0.25) is 4.79 Å². The summed E-state index contributed by atoms with van der Waals surface area (Å²) in [6.45, 7) is 4.05. The van der Waals surface area contributed by atoms with E-state index in [4.69, 9.17) is 16.3 Å². The fraction of sp³-hybridized carbons (Fsp3) is 0.200. The monoisotopic (exact) mass is 546 g/mol. The zero-order chi connectivity index (χ0) is 26.2. The van der Waals surface area contributed by atoms with Gasteiger partial charge in [-0.05, 0) is 55.8 Å². The molecule has 0 saturated heterocycles. The minimum Gasteiger partial charge on any atom is -0.497 e. The summed E-state index contributed by atoms with van der Waals surface area (Å²) < 4.78 is 18.8. The highest BCUT2D eigenvalue weighted by molar-refractivity contribution is 7.16. The molecule has 0 bridgehead atoms. The SMILES string of the molecule is CNc1nc(-c2sc(C)nc2C)cs1.COc1cc(CC=O)cc(C(=O)Nc2ccc(Cl)cc2F)c1. The number of halogens is 2. The van der Waals surface area contributed by atoms with E-state index in [0.29, 0.717) is 11.3 Å². The van der Waals surface area contributed by atoms with Crippen LogP contribution in [0.25, 0.3) is 10.6 Å². The highest BCUT2D eigenvalue weighted by Crippen LogP contribution is 2.31. The zero-order valence-electron chi connectivity index (χ0n) is 20.0. The van der Waals surface area contributed by atoms with Gasteiger partial charge in [0.15, 0.2) is 5.13 Å². The van der Waals surface area contributed by atoms with E-state index >= 15 is 0 Å². The van der Waals surface area contributed by atoms with Gasteiger partial charge in [0.2, 0.25) is 0 Å². The molecule has 4 aromatic rings. The molecule has 2 heterocycles. The zero-order valence-corrected chi connectivity index (χ0v) is 22.4. The van der Waals surface area contributed by atoms with Gasteiger partial charge in [0.05, 0.1) is 34.1 Å². The van der Waals surface area contributed by atoms with Crippen LogP contribution >= 0.6 is 34.3 Å². The van der Waals surface area contributed by atoms with Gasteiger partial charge >= 0.3 is 0 Å². The second-order valence-electron chi connectivity index (χ2n) is 7.45. The van der Waals surface area contributed by atoms with E-state index in [1.54, 1.807) is 34.8 Å². The molecular formula is C25H24ClFN4O3S2. The fourth-order valence-electron chi connectivity index (χ4n) is 3.17. The average Bonchev–Trinajstić information content (AvgIpc) is 3.46. The first-order valence-electron chi connectivity index (χ1n) is 10.7. The number of rotatable bonds is 7. The first-order valence-corrected chi connectivity index (χ1v) is 12.8. The van der Waals surface area contributed by atoms with Gasteiger partial charge in [-0.2, -0.15) is 0 Å².